The molecule has 2 heterocycles. The number of fused-ring (bicyclic) bond motifs is 1. The number of nitrogens with one attached hydrogen (secondary N) is 1. The van der Waals surface area contributed by atoms with E-state index in [-0.39, 0.29) is 0 Å². The van der Waals surface area contributed by atoms with Crippen LogP contribution in [0.4, 0.5) is 0 Å². The topological polar surface area (TPSA) is 34.4 Å². The summed E-state index contributed by atoms with van der Waals surface area (Å²) in [5.41, 5.74) is 0.824. The number of hydrogen-bond acceptors (Lipinski definition) is 4. The molecule has 3 nitrogen and oxygen atoms in total. The second kappa shape index (κ2) is 6.11. The number of para-hydroxylation sites is 1. The van der Waals surface area contributed by atoms with Crippen LogP contribution in [0.3, 0.4) is 0 Å². The highest BCUT2D eigenvalue weighted by molar-refractivity contribution is 7.09. The van der Waals surface area contributed by atoms with E-state index >= 15 is 0 Å². The van der Waals surface area contributed by atoms with Crippen molar-refractivity contribution in [2.75, 3.05) is 13.7 Å². The Labute approximate surface area is 122 Å². The van der Waals surface area contributed by atoms with E-state index < -0.39 is 0 Å². The lowest BCUT2D eigenvalue weighted by Gasteiger charge is -2.01. The van der Waals surface area contributed by atoms with Gasteiger partial charge in [-0.05, 0) is 30.0 Å². The first-order chi connectivity index (χ1) is 9.86. The predicted octanol–water partition coefficient (Wildman–Crippen LogP) is 3.84. The van der Waals surface area contributed by atoms with Gasteiger partial charge in [0.25, 0.3) is 0 Å². The lowest BCUT2D eigenvalue weighted by atomic mass is 10.2. The van der Waals surface area contributed by atoms with E-state index in [1.54, 1.807) is 18.4 Å². The van der Waals surface area contributed by atoms with E-state index in [9.17, 15) is 0 Å². The van der Waals surface area contributed by atoms with E-state index in [0.717, 1.165) is 42.0 Å². The predicted molar refractivity (Wildman–Crippen MR) is 82.5 cm³/mol. The summed E-state index contributed by atoms with van der Waals surface area (Å²) < 4.78 is 11.1. The molecule has 0 radical (unpaired) electrons. The molecule has 0 aliphatic carbocycles. The van der Waals surface area contributed by atoms with Crippen molar-refractivity contribution in [3.8, 4) is 5.75 Å². The normalized spacial score (nSPS) is 11.1. The Kier molecular flexibility index (Phi) is 4.04. The molecule has 0 fully saturated rings. The molecule has 1 aromatic carbocycles. The molecule has 0 amide bonds. The maximum absolute atomic E-state index is 5.84. The van der Waals surface area contributed by atoms with Gasteiger partial charge in [-0.2, -0.15) is 0 Å². The van der Waals surface area contributed by atoms with Crippen LogP contribution in [0.2, 0.25) is 0 Å². The molecule has 0 aliphatic rings. The number of methoxy groups -OCH3 is 1. The Morgan fingerprint density at radius 1 is 1.25 bits per heavy atom. The van der Waals surface area contributed by atoms with Gasteiger partial charge in [0.2, 0.25) is 0 Å². The molecule has 1 N–H and O–H groups in total. The maximum atomic E-state index is 5.84. The minimum Gasteiger partial charge on any atom is -0.493 e. The van der Waals surface area contributed by atoms with Gasteiger partial charge in [0.15, 0.2) is 11.3 Å². The van der Waals surface area contributed by atoms with Crippen LogP contribution < -0.4 is 10.1 Å². The molecule has 2 aromatic heterocycles. The van der Waals surface area contributed by atoms with Crippen LogP contribution in [-0.4, -0.2) is 13.7 Å². The van der Waals surface area contributed by atoms with Crippen LogP contribution in [-0.2, 0) is 13.0 Å². The van der Waals surface area contributed by atoms with Crippen molar-refractivity contribution < 1.29 is 9.15 Å². The molecular formula is C16H17NO2S. The minimum absolute atomic E-state index is 0.739. The van der Waals surface area contributed by atoms with Crippen molar-refractivity contribution in [2.45, 2.75) is 13.0 Å². The molecule has 3 aromatic rings. The SMILES string of the molecule is COc1cccc2cc(CNCCc3cccs3)oc12. The molecule has 0 saturated heterocycles. The van der Waals surface area contributed by atoms with E-state index in [4.69, 9.17) is 9.15 Å². The third-order valence-corrected chi connectivity index (χ3v) is 4.14. The first kappa shape index (κ1) is 13.2. The summed E-state index contributed by atoms with van der Waals surface area (Å²) in [7, 11) is 1.66. The van der Waals surface area contributed by atoms with Crippen LogP contribution in [0, 0.1) is 0 Å². The highest BCUT2D eigenvalue weighted by Gasteiger charge is 2.07. The van der Waals surface area contributed by atoms with Gasteiger partial charge in [-0.15, -0.1) is 11.3 Å². The van der Waals surface area contributed by atoms with E-state index in [1.807, 2.05) is 18.2 Å². The lowest BCUT2D eigenvalue weighted by molar-refractivity contribution is 0.406. The fraction of sp³-hybridized carbons (Fsp3) is 0.250. The molecule has 4 heteroatoms. The molecular weight excluding hydrogens is 270 g/mol. The monoisotopic (exact) mass is 287 g/mol. The van der Waals surface area contributed by atoms with Crippen LogP contribution in [0.5, 0.6) is 5.75 Å². The van der Waals surface area contributed by atoms with Gasteiger partial charge in [-0.1, -0.05) is 18.2 Å². The third-order valence-electron chi connectivity index (χ3n) is 3.21. The van der Waals surface area contributed by atoms with Gasteiger partial charge < -0.3 is 14.5 Å². The molecule has 0 aliphatic heterocycles. The van der Waals surface area contributed by atoms with Gasteiger partial charge in [0.05, 0.1) is 13.7 Å². The number of hydrogen-bond donors (Lipinski definition) is 1. The summed E-state index contributed by atoms with van der Waals surface area (Å²) in [5, 5.41) is 6.61. The minimum atomic E-state index is 0.739. The fourth-order valence-corrected chi connectivity index (χ4v) is 2.92. The summed E-state index contributed by atoms with van der Waals surface area (Å²) in [6.45, 7) is 1.69. The summed E-state index contributed by atoms with van der Waals surface area (Å²) in [5.74, 6) is 1.73. The van der Waals surface area contributed by atoms with Crippen LogP contribution in [0.15, 0.2) is 46.2 Å². The summed E-state index contributed by atoms with van der Waals surface area (Å²) >= 11 is 1.80. The van der Waals surface area contributed by atoms with E-state index in [2.05, 4.69) is 28.9 Å². The van der Waals surface area contributed by atoms with E-state index in [0.29, 0.717) is 0 Å². The average Bonchev–Trinajstić information content (AvgIpc) is 3.11. The largest absolute Gasteiger partial charge is 0.493 e. The van der Waals surface area contributed by atoms with Gasteiger partial charge in [-0.25, -0.2) is 0 Å². The highest BCUT2D eigenvalue weighted by atomic mass is 32.1. The van der Waals surface area contributed by atoms with Crippen molar-refractivity contribution in [1.82, 2.24) is 5.32 Å². The fourth-order valence-electron chi connectivity index (χ4n) is 2.22. The number of rotatable bonds is 6. The molecule has 3 rings (SSSR count). The Morgan fingerprint density at radius 3 is 3.00 bits per heavy atom. The zero-order valence-corrected chi connectivity index (χ0v) is 12.2. The van der Waals surface area contributed by atoms with E-state index in [1.165, 1.54) is 4.88 Å². The third kappa shape index (κ3) is 2.86. The Balaban J connectivity index is 1.60. The van der Waals surface area contributed by atoms with Gasteiger partial charge in [0.1, 0.15) is 5.76 Å². The molecule has 0 unspecified atom stereocenters. The Morgan fingerprint density at radius 2 is 2.20 bits per heavy atom. The molecule has 0 atom stereocenters. The standard InChI is InChI=1S/C16H17NO2S/c1-18-15-6-2-4-12-10-13(19-16(12)15)11-17-8-7-14-5-3-9-20-14/h2-6,9-10,17H,7-8,11H2,1H3. The number of benzene rings is 1. The van der Waals surface area contributed by atoms with Crippen molar-refractivity contribution in [1.29, 1.82) is 0 Å². The Bertz CT molecular complexity index is 673. The molecule has 0 saturated carbocycles. The van der Waals surface area contributed by atoms with Crippen molar-refractivity contribution in [3.63, 3.8) is 0 Å². The number of furan rings is 1. The quantitative estimate of drug-likeness (QED) is 0.700. The van der Waals surface area contributed by atoms with Crippen LogP contribution in [0.25, 0.3) is 11.0 Å². The molecule has 20 heavy (non-hydrogen) atoms. The Hall–Kier alpha value is -1.78. The average molecular weight is 287 g/mol. The number of thiophene rings is 1. The van der Waals surface area contributed by atoms with Crippen molar-refractivity contribution in [3.05, 3.63) is 52.4 Å². The van der Waals surface area contributed by atoms with Gasteiger partial charge in [-0.3, -0.25) is 0 Å². The zero-order valence-electron chi connectivity index (χ0n) is 11.4. The van der Waals surface area contributed by atoms with Gasteiger partial charge in [0, 0.05) is 16.8 Å². The van der Waals surface area contributed by atoms with Crippen LogP contribution in [0.1, 0.15) is 10.6 Å². The van der Waals surface area contributed by atoms with Crippen molar-refractivity contribution in [2.24, 2.45) is 0 Å². The summed E-state index contributed by atoms with van der Waals surface area (Å²) in [6, 6.07) is 12.3. The van der Waals surface area contributed by atoms with Crippen molar-refractivity contribution >= 4 is 22.3 Å². The zero-order chi connectivity index (χ0) is 13.8. The first-order valence-electron chi connectivity index (χ1n) is 6.65. The lowest BCUT2D eigenvalue weighted by Crippen LogP contribution is -2.15. The molecule has 0 bridgehead atoms. The first-order valence-corrected chi connectivity index (χ1v) is 7.53. The number of ether oxygens (including phenoxy) is 1. The second-order valence-corrected chi connectivity index (χ2v) is 5.63. The molecule has 0 spiro atoms. The second-order valence-electron chi connectivity index (χ2n) is 4.60. The van der Waals surface area contributed by atoms with Crippen LogP contribution >= 0.6 is 11.3 Å². The molecule has 104 valence electrons. The smallest absolute Gasteiger partial charge is 0.176 e. The summed E-state index contributed by atoms with van der Waals surface area (Å²) in [4.78, 5) is 1.41. The maximum Gasteiger partial charge on any atom is 0.176 e. The van der Waals surface area contributed by atoms with Gasteiger partial charge >= 0.3 is 0 Å². The highest BCUT2D eigenvalue weighted by Crippen LogP contribution is 2.28. The summed E-state index contributed by atoms with van der Waals surface area (Å²) in [6.07, 6.45) is 1.06.